The van der Waals surface area contributed by atoms with Gasteiger partial charge in [-0.1, -0.05) is 11.8 Å². The van der Waals surface area contributed by atoms with Crippen molar-refractivity contribution in [2.24, 2.45) is 7.05 Å². The van der Waals surface area contributed by atoms with Gasteiger partial charge >= 0.3 is 5.97 Å². The molecule has 148 valence electrons. The summed E-state index contributed by atoms with van der Waals surface area (Å²) in [5, 5.41) is 8.88. The SMILES string of the molecule is CCOC(=O)Cc1nnc(SCc2cc(=O)n3c4c(sc3n2)CCCC4)n1C. The number of ether oxygens (including phenoxy) is 1. The molecule has 0 N–H and O–H groups in total. The molecule has 0 bridgehead atoms. The Morgan fingerprint density at radius 1 is 1.32 bits per heavy atom. The molecule has 1 aliphatic rings. The molecule has 8 nitrogen and oxygen atoms in total. The first-order valence-electron chi connectivity index (χ1n) is 9.26. The number of rotatable bonds is 6. The van der Waals surface area contributed by atoms with Crippen LogP contribution in [0.3, 0.4) is 0 Å². The quantitative estimate of drug-likeness (QED) is 0.447. The maximum Gasteiger partial charge on any atom is 0.313 e. The van der Waals surface area contributed by atoms with E-state index in [9.17, 15) is 9.59 Å². The van der Waals surface area contributed by atoms with Gasteiger partial charge < -0.3 is 9.30 Å². The van der Waals surface area contributed by atoms with Crippen molar-refractivity contribution in [1.82, 2.24) is 24.1 Å². The molecule has 0 saturated carbocycles. The number of carbonyl (C=O) groups is 1. The van der Waals surface area contributed by atoms with Crippen LogP contribution in [0, 0.1) is 0 Å². The van der Waals surface area contributed by atoms with Crippen LogP contribution in [0.25, 0.3) is 4.96 Å². The maximum absolute atomic E-state index is 12.6. The fourth-order valence-electron chi connectivity index (χ4n) is 3.32. The third kappa shape index (κ3) is 3.70. The zero-order valence-electron chi connectivity index (χ0n) is 15.8. The van der Waals surface area contributed by atoms with Crippen LogP contribution in [0.4, 0.5) is 0 Å². The number of aromatic nitrogens is 5. The molecule has 0 radical (unpaired) electrons. The predicted octanol–water partition coefficient (Wildman–Crippen LogP) is 2.16. The van der Waals surface area contributed by atoms with E-state index in [-0.39, 0.29) is 17.9 Å². The minimum Gasteiger partial charge on any atom is -0.466 e. The molecule has 0 aromatic carbocycles. The summed E-state index contributed by atoms with van der Waals surface area (Å²) in [7, 11) is 1.82. The second-order valence-corrected chi connectivity index (χ2v) is 8.62. The number of thioether (sulfide) groups is 1. The van der Waals surface area contributed by atoms with Crippen LogP contribution in [0.5, 0.6) is 0 Å². The Balaban J connectivity index is 1.51. The zero-order chi connectivity index (χ0) is 19.7. The predicted molar refractivity (Wildman–Crippen MR) is 107 cm³/mol. The van der Waals surface area contributed by atoms with Gasteiger partial charge in [-0.2, -0.15) is 0 Å². The van der Waals surface area contributed by atoms with Gasteiger partial charge in [0.15, 0.2) is 10.1 Å². The van der Waals surface area contributed by atoms with E-state index in [1.807, 2.05) is 7.05 Å². The molecule has 1 aliphatic carbocycles. The number of fused-ring (bicyclic) bond motifs is 3. The van der Waals surface area contributed by atoms with E-state index in [1.54, 1.807) is 33.3 Å². The third-order valence-electron chi connectivity index (χ3n) is 4.70. The summed E-state index contributed by atoms with van der Waals surface area (Å²) < 4.78 is 8.50. The molecular weight excluding hydrogens is 398 g/mol. The molecule has 3 heterocycles. The van der Waals surface area contributed by atoms with Crippen LogP contribution in [-0.4, -0.2) is 36.7 Å². The Bertz CT molecular complexity index is 1090. The van der Waals surface area contributed by atoms with Crippen molar-refractivity contribution in [3.8, 4) is 0 Å². The van der Waals surface area contributed by atoms with E-state index in [1.165, 1.54) is 23.1 Å². The fourth-order valence-corrected chi connectivity index (χ4v) is 5.37. The number of carbonyl (C=O) groups excluding carboxylic acids is 1. The highest BCUT2D eigenvalue weighted by Gasteiger charge is 2.19. The van der Waals surface area contributed by atoms with Gasteiger partial charge in [0.25, 0.3) is 5.56 Å². The smallest absolute Gasteiger partial charge is 0.313 e. The summed E-state index contributed by atoms with van der Waals surface area (Å²) in [5.41, 5.74) is 1.85. The van der Waals surface area contributed by atoms with E-state index >= 15 is 0 Å². The summed E-state index contributed by atoms with van der Waals surface area (Å²) in [6.07, 6.45) is 4.38. The van der Waals surface area contributed by atoms with Crippen molar-refractivity contribution in [3.63, 3.8) is 0 Å². The maximum atomic E-state index is 12.6. The molecule has 0 unspecified atom stereocenters. The second kappa shape index (κ2) is 8.04. The van der Waals surface area contributed by atoms with Crippen molar-refractivity contribution in [2.75, 3.05) is 6.61 Å². The van der Waals surface area contributed by atoms with Crippen molar-refractivity contribution in [3.05, 3.63) is 38.5 Å². The topological polar surface area (TPSA) is 91.4 Å². The molecule has 10 heteroatoms. The monoisotopic (exact) mass is 419 g/mol. The van der Waals surface area contributed by atoms with Crippen molar-refractivity contribution < 1.29 is 9.53 Å². The van der Waals surface area contributed by atoms with E-state index in [2.05, 4.69) is 10.2 Å². The molecule has 4 rings (SSSR count). The van der Waals surface area contributed by atoms with Crippen LogP contribution in [0.1, 0.15) is 41.9 Å². The lowest BCUT2D eigenvalue weighted by Gasteiger charge is -2.10. The number of hydrogen-bond acceptors (Lipinski definition) is 8. The lowest BCUT2D eigenvalue weighted by Crippen LogP contribution is -2.17. The minimum atomic E-state index is -0.323. The second-order valence-electron chi connectivity index (χ2n) is 6.61. The highest BCUT2D eigenvalue weighted by molar-refractivity contribution is 7.98. The first-order chi connectivity index (χ1) is 13.6. The minimum absolute atomic E-state index is 0.0130. The van der Waals surface area contributed by atoms with Gasteiger partial charge in [0.2, 0.25) is 0 Å². The molecule has 0 fully saturated rings. The van der Waals surface area contributed by atoms with Crippen LogP contribution in [0.2, 0.25) is 0 Å². The van der Waals surface area contributed by atoms with E-state index in [4.69, 9.17) is 9.72 Å². The molecule has 28 heavy (non-hydrogen) atoms. The van der Waals surface area contributed by atoms with Crippen molar-refractivity contribution in [2.45, 2.75) is 49.9 Å². The first-order valence-corrected chi connectivity index (χ1v) is 11.1. The van der Waals surface area contributed by atoms with Crippen LogP contribution in [-0.2, 0) is 41.6 Å². The summed E-state index contributed by atoms with van der Waals surface area (Å²) >= 11 is 3.07. The molecule has 0 saturated heterocycles. The summed E-state index contributed by atoms with van der Waals surface area (Å²) in [6, 6.07) is 1.61. The van der Waals surface area contributed by atoms with Crippen molar-refractivity contribution >= 4 is 34.0 Å². The average Bonchev–Trinajstić information content (AvgIpc) is 3.21. The molecule has 0 aliphatic heterocycles. The summed E-state index contributed by atoms with van der Waals surface area (Å²) in [6.45, 7) is 2.11. The lowest BCUT2D eigenvalue weighted by atomic mass is 10.0. The van der Waals surface area contributed by atoms with E-state index in [0.29, 0.717) is 23.3 Å². The molecule has 3 aromatic heterocycles. The Hall–Kier alpha value is -2.20. The Kier molecular flexibility index (Phi) is 5.49. The number of esters is 1. The Labute approximate surface area is 170 Å². The highest BCUT2D eigenvalue weighted by Crippen LogP contribution is 2.29. The van der Waals surface area contributed by atoms with E-state index < -0.39 is 0 Å². The van der Waals surface area contributed by atoms with Crippen LogP contribution >= 0.6 is 23.1 Å². The van der Waals surface area contributed by atoms with Gasteiger partial charge in [0.1, 0.15) is 12.2 Å². The van der Waals surface area contributed by atoms with Crippen molar-refractivity contribution in [1.29, 1.82) is 0 Å². The van der Waals surface area contributed by atoms with Gasteiger partial charge in [0, 0.05) is 29.4 Å². The summed E-state index contributed by atoms with van der Waals surface area (Å²) in [5.74, 6) is 0.742. The van der Waals surface area contributed by atoms with Gasteiger partial charge in [-0.15, -0.1) is 21.5 Å². The number of thiazole rings is 1. The van der Waals surface area contributed by atoms with Gasteiger partial charge in [-0.3, -0.25) is 14.0 Å². The fraction of sp³-hybridized carbons (Fsp3) is 0.500. The van der Waals surface area contributed by atoms with E-state index in [0.717, 1.165) is 35.6 Å². The Morgan fingerprint density at radius 2 is 2.14 bits per heavy atom. The molecule has 0 spiro atoms. The number of nitrogens with zero attached hydrogens (tertiary/aromatic N) is 5. The van der Waals surface area contributed by atoms with Crippen LogP contribution < -0.4 is 5.56 Å². The normalized spacial score (nSPS) is 13.6. The molecule has 3 aromatic rings. The summed E-state index contributed by atoms with van der Waals surface area (Å²) in [4.78, 5) is 31.0. The Morgan fingerprint density at radius 3 is 2.96 bits per heavy atom. The molecular formula is C18H21N5O3S2. The zero-order valence-corrected chi connectivity index (χ0v) is 17.4. The van der Waals surface area contributed by atoms with Gasteiger partial charge in [-0.25, -0.2) is 4.98 Å². The standard InChI is InChI=1S/C18H21N5O3S2/c1-3-26-16(25)9-14-20-21-18(22(14)2)27-10-11-8-15(24)23-12-6-4-5-7-13(12)28-17(23)19-11/h8H,3-7,9-10H2,1-2H3. The van der Waals surface area contributed by atoms with Gasteiger partial charge in [-0.05, 0) is 32.6 Å². The lowest BCUT2D eigenvalue weighted by molar-refractivity contribution is -0.142. The number of hydrogen-bond donors (Lipinski definition) is 0. The van der Waals surface area contributed by atoms with Crippen LogP contribution in [0.15, 0.2) is 16.0 Å². The third-order valence-corrected chi connectivity index (χ3v) is 6.89. The highest BCUT2D eigenvalue weighted by atomic mass is 32.2. The first kappa shape index (κ1) is 19.1. The average molecular weight is 420 g/mol. The largest absolute Gasteiger partial charge is 0.466 e. The molecule has 0 atom stereocenters. The number of aryl methyl sites for hydroxylation is 2. The molecule has 0 amide bonds. The van der Waals surface area contributed by atoms with Gasteiger partial charge in [0.05, 0.1) is 12.3 Å².